The van der Waals surface area contributed by atoms with Crippen molar-refractivity contribution in [2.45, 2.75) is 38.5 Å². The normalized spacial score (nSPS) is 28.6. The van der Waals surface area contributed by atoms with Crippen LogP contribution in [0.3, 0.4) is 0 Å². The Morgan fingerprint density at radius 2 is 2.00 bits per heavy atom. The SMILES string of the molecule is O=C(CC1CCNCC1)C1CCCOCC1.[HH]. The molecule has 94 valence electrons. The number of ether oxygens (including phenoxy) is 1. The van der Waals surface area contributed by atoms with Crippen molar-refractivity contribution in [2.24, 2.45) is 11.8 Å². The van der Waals surface area contributed by atoms with Gasteiger partial charge in [-0.2, -0.15) is 0 Å². The summed E-state index contributed by atoms with van der Waals surface area (Å²) in [6, 6.07) is 0. The molecule has 2 aliphatic heterocycles. The van der Waals surface area contributed by atoms with Crippen molar-refractivity contribution >= 4 is 5.78 Å². The molecule has 16 heavy (non-hydrogen) atoms. The maximum absolute atomic E-state index is 12.1. The van der Waals surface area contributed by atoms with Gasteiger partial charge in [-0.1, -0.05) is 0 Å². The second-order valence-electron chi connectivity index (χ2n) is 5.10. The standard InChI is InChI=1S/C13H23NO2.H2/c15-13(10-11-3-6-14-7-4-11)12-2-1-8-16-9-5-12;/h11-12,14H,1-10H2;1H. The Balaban J connectivity index is 0.00000144. The Labute approximate surface area is 99.4 Å². The van der Waals surface area contributed by atoms with Crippen LogP contribution in [-0.4, -0.2) is 32.1 Å². The minimum absolute atomic E-state index is 0. The topological polar surface area (TPSA) is 38.3 Å². The fourth-order valence-electron chi connectivity index (χ4n) is 2.76. The molecule has 0 spiro atoms. The Hall–Kier alpha value is -0.410. The number of piperidine rings is 1. The van der Waals surface area contributed by atoms with Crippen molar-refractivity contribution in [3.05, 3.63) is 0 Å². The van der Waals surface area contributed by atoms with Crippen LogP contribution < -0.4 is 5.32 Å². The van der Waals surface area contributed by atoms with Crippen LogP contribution in [0.1, 0.15) is 40.0 Å². The van der Waals surface area contributed by atoms with Gasteiger partial charge in [0.1, 0.15) is 5.78 Å². The molecule has 2 saturated heterocycles. The molecule has 0 aliphatic carbocycles. The smallest absolute Gasteiger partial charge is 0.136 e. The quantitative estimate of drug-likeness (QED) is 0.801. The van der Waals surface area contributed by atoms with Crippen molar-refractivity contribution in [3.63, 3.8) is 0 Å². The fourth-order valence-corrected chi connectivity index (χ4v) is 2.76. The lowest BCUT2D eigenvalue weighted by atomic mass is 9.86. The monoisotopic (exact) mass is 227 g/mol. The van der Waals surface area contributed by atoms with Crippen LogP contribution in [0, 0.1) is 11.8 Å². The molecular formula is C13H25NO2. The van der Waals surface area contributed by atoms with Crippen LogP contribution >= 0.6 is 0 Å². The molecule has 0 aromatic heterocycles. The van der Waals surface area contributed by atoms with E-state index >= 15 is 0 Å². The summed E-state index contributed by atoms with van der Waals surface area (Å²) in [5.74, 6) is 1.42. The molecule has 3 nitrogen and oxygen atoms in total. The number of Topliss-reactive ketones (excluding diaryl/α,β-unsaturated/α-hetero) is 1. The summed E-state index contributed by atoms with van der Waals surface area (Å²) in [5, 5.41) is 3.35. The highest BCUT2D eigenvalue weighted by Gasteiger charge is 2.24. The molecule has 2 fully saturated rings. The van der Waals surface area contributed by atoms with Gasteiger partial charge < -0.3 is 10.1 Å². The maximum atomic E-state index is 12.1. The molecule has 1 unspecified atom stereocenters. The summed E-state index contributed by atoms with van der Waals surface area (Å²) in [7, 11) is 0. The third kappa shape index (κ3) is 3.56. The molecule has 0 bridgehead atoms. The highest BCUT2D eigenvalue weighted by molar-refractivity contribution is 5.81. The number of carbonyl (C=O) groups excluding carboxylic acids is 1. The molecule has 0 radical (unpaired) electrons. The van der Waals surface area contributed by atoms with Crippen molar-refractivity contribution in [1.29, 1.82) is 0 Å². The largest absolute Gasteiger partial charge is 0.381 e. The number of nitrogens with one attached hydrogen (secondary N) is 1. The zero-order valence-electron chi connectivity index (χ0n) is 10.0. The summed E-state index contributed by atoms with van der Waals surface area (Å²) in [6.07, 6.45) is 6.21. The van der Waals surface area contributed by atoms with E-state index in [0.29, 0.717) is 11.7 Å². The first-order valence-electron chi connectivity index (χ1n) is 6.67. The van der Waals surface area contributed by atoms with E-state index < -0.39 is 0 Å². The fraction of sp³-hybridized carbons (Fsp3) is 0.923. The molecule has 2 heterocycles. The molecule has 0 amide bonds. The average Bonchev–Trinajstić information content (AvgIpc) is 2.59. The van der Waals surface area contributed by atoms with Gasteiger partial charge in [0.25, 0.3) is 0 Å². The van der Waals surface area contributed by atoms with E-state index in [0.717, 1.165) is 52.0 Å². The maximum Gasteiger partial charge on any atom is 0.136 e. The van der Waals surface area contributed by atoms with Gasteiger partial charge in [-0.25, -0.2) is 0 Å². The first-order valence-corrected chi connectivity index (χ1v) is 6.67. The van der Waals surface area contributed by atoms with E-state index in [9.17, 15) is 4.79 Å². The summed E-state index contributed by atoms with van der Waals surface area (Å²) in [4.78, 5) is 12.1. The first kappa shape index (κ1) is 12.1. The lowest BCUT2D eigenvalue weighted by molar-refractivity contribution is -0.124. The summed E-state index contributed by atoms with van der Waals surface area (Å²) >= 11 is 0. The van der Waals surface area contributed by atoms with Gasteiger partial charge in [0.15, 0.2) is 0 Å². The minimum Gasteiger partial charge on any atom is -0.381 e. The molecule has 0 aromatic carbocycles. The molecule has 1 N–H and O–H groups in total. The van der Waals surface area contributed by atoms with E-state index in [1.54, 1.807) is 0 Å². The molecule has 0 aromatic rings. The number of ketones is 1. The molecule has 2 aliphatic rings. The zero-order chi connectivity index (χ0) is 11.2. The number of hydrogen-bond acceptors (Lipinski definition) is 3. The predicted octanol–water partition coefficient (Wildman–Crippen LogP) is 2.01. The lowest BCUT2D eigenvalue weighted by Gasteiger charge is -2.23. The Morgan fingerprint density at radius 3 is 2.81 bits per heavy atom. The molecule has 3 heteroatoms. The predicted molar refractivity (Wildman–Crippen MR) is 65.5 cm³/mol. The van der Waals surface area contributed by atoms with Gasteiger partial charge in [-0.3, -0.25) is 4.79 Å². The number of carbonyl (C=O) groups is 1. The van der Waals surface area contributed by atoms with E-state index in [1.165, 1.54) is 12.8 Å². The van der Waals surface area contributed by atoms with Gasteiger partial charge in [0, 0.05) is 27.0 Å². The van der Waals surface area contributed by atoms with Gasteiger partial charge in [0.2, 0.25) is 0 Å². The molecule has 1 atom stereocenters. The Morgan fingerprint density at radius 1 is 1.19 bits per heavy atom. The van der Waals surface area contributed by atoms with Gasteiger partial charge in [0.05, 0.1) is 0 Å². The summed E-state index contributed by atoms with van der Waals surface area (Å²) in [6.45, 7) is 3.80. The van der Waals surface area contributed by atoms with Gasteiger partial charge in [-0.05, 0) is 51.1 Å². The van der Waals surface area contributed by atoms with E-state index in [2.05, 4.69) is 5.32 Å². The summed E-state index contributed by atoms with van der Waals surface area (Å²) in [5.41, 5.74) is 0. The van der Waals surface area contributed by atoms with Gasteiger partial charge >= 0.3 is 0 Å². The zero-order valence-corrected chi connectivity index (χ0v) is 10.0. The van der Waals surface area contributed by atoms with Crippen LogP contribution in [0.5, 0.6) is 0 Å². The second-order valence-corrected chi connectivity index (χ2v) is 5.10. The van der Waals surface area contributed by atoms with E-state index in [4.69, 9.17) is 4.74 Å². The average molecular weight is 227 g/mol. The lowest BCUT2D eigenvalue weighted by Crippen LogP contribution is -2.30. The number of hydrogen-bond donors (Lipinski definition) is 1. The molecule has 0 saturated carbocycles. The highest BCUT2D eigenvalue weighted by atomic mass is 16.5. The van der Waals surface area contributed by atoms with Crippen LogP contribution in [0.25, 0.3) is 0 Å². The Bertz CT molecular complexity index is 221. The van der Waals surface area contributed by atoms with Crippen LogP contribution in [0.15, 0.2) is 0 Å². The van der Waals surface area contributed by atoms with Crippen molar-refractivity contribution in [1.82, 2.24) is 5.32 Å². The minimum atomic E-state index is 0. The summed E-state index contributed by atoms with van der Waals surface area (Å²) < 4.78 is 5.40. The first-order chi connectivity index (χ1) is 7.86. The van der Waals surface area contributed by atoms with Crippen LogP contribution in [0.2, 0.25) is 0 Å². The van der Waals surface area contributed by atoms with Crippen molar-refractivity contribution < 1.29 is 11.0 Å². The molecular weight excluding hydrogens is 202 g/mol. The number of rotatable bonds is 3. The van der Waals surface area contributed by atoms with Crippen molar-refractivity contribution in [3.8, 4) is 0 Å². The van der Waals surface area contributed by atoms with Crippen LogP contribution in [0.4, 0.5) is 0 Å². The molecule has 2 rings (SSSR count). The van der Waals surface area contributed by atoms with Gasteiger partial charge in [-0.15, -0.1) is 0 Å². The highest BCUT2D eigenvalue weighted by Crippen LogP contribution is 2.23. The van der Waals surface area contributed by atoms with Crippen LogP contribution in [-0.2, 0) is 9.53 Å². The third-order valence-corrected chi connectivity index (χ3v) is 3.86. The third-order valence-electron chi connectivity index (χ3n) is 3.86. The van der Waals surface area contributed by atoms with E-state index in [1.807, 2.05) is 0 Å². The van der Waals surface area contributed by atoms with Crippen molar-refractivity contribution in [2.75, 3.05) is 26.3 Å². The van der Waals surface area contributed by atoms with E-state index in [-0.39, 0.29) is 7.34 Å². The Kier molecular flexibility index (Phi) is 4.79. The second kappa shape index (κ2) is 6.36.